The van der Waals surface area contributed by atoms with E-state index >= 15 is 0 Å². The smallest absolute Gasteiger partial charge is 0.310 e. The van der Waals surface area contributed by atoms with Gasteiger partial charge in [0.25, 0.3) is 5.91 Å². The number of nitrogens with zero attached hydrogens (tertiary/aromatic N) is 3. The van der Waals surface area contributed by atoms with Crippen LogP contribution in [-0.2, 0) is 16.0 Å². The summed E-state index contributed by atoms with van der Waals surface area (Å²) in [5, 5.41) is 22.0. The molecular formula is C24H25N5O3. The predicted molar refractivity (Wildman–Crippen MR) is 118 cm³/mol. The van der Waals surface area contributed by atoms with Crippen LogP contribution < -0.4 is 5.32 Å². The van der Waals surface area contributed by atoms with Crippen molar-refractivity contribution in [3.63, 3.8) is 0 Å². The minimum atomic E-state index is -0.633. The Kier molecular flexibility index (Phi) is 8.09. The molecule has 0 bridgehead atoms. The number of nitriles is 1. The van der Waals surface area contributed by atoms with Crippen LogP contribution in [0.4, 0.5) is 0 Å². The zero-order chi connectivity index (χ0) is 22.8. The highest BCUT2D eigenvalue weighted by Crippen LogP contribution is 2.21. The van der Waals surface area contributed by atoms with Gasteiger partial charge in [0.1, 0.15) is 0 Å². The lowest BCUT2D eigenvalue weighted by Crippen LogP contribution is -2.39. The summed E-state index contributed by atoms with van der Waals surface area (Å²) < 4.78 is 5.12. The molecule has 0 aliphatic heterocycles. The highest BCUT2D eigenvalue weighted by atomic mass is 16.5. The Morgan fingerprint density at radius 1 is 1.12 bits per heavy atom. The average molecular weight is 431 g/mol. The van der Waals surface area contributed by atoms with E-state index in [1.54, 1.807) is 6.92 Å². The fraction of sp³-hybridized carbons (Fsp3) is 0.292. The Labute approximate surface area is 186 Å². The molecule has 0 aliphatic rings. The first-order valence-corrected chi connectivity index (χ1v) is 10.4. The number of aromatic amines is 1. The summed E-state index contributed by atoms with van der Waals surface area (Å²) in [5.41, 5.74) is 3.36. The number of ether oxygens (including phenoxy) is 1. The van der Waals surface area contributed by atoms with Crippen LogP contribution in [0.2, 0.25) is 0 Å². The lowest BCUT2D eigenvalue weighted by molar-refractivity contribution is -0.148. The minimum Gasteiger partial charge on any atom is -0.466 e. The number of amides is 1. The first-order chi connectivity index (χ1) is 15.6. The van der Waals surface area contributed by atoms with E-state index in [1.165, 1.54) is 6.20 Å². The summed E-state index contributed by atoms with van der Waals surface area (Å²) in [4.78, 5) is 24.9. The Balaban J connectivity index is 1.77. The van der Waals surface area contributed by atoms with Crippen LogP contribution >= 0.6 is 0 Å². The van der Waals surface area contributed by atoms with Crippen molar-refractivity contribution >= 4 is 11.9 Å². The Morgan fingerprint density at radius 2 is 1.84 bits per heavy atom. The molecule has 3 rings (SSSR count). The lowest BCUT2D eigenvalue weighted by Gasteiger charge is -2.22. The largest absolute Gasteiger partial charge is 0.466 e. The SMILES string of the molecule is CCOC(=O)C(CC#N)CC(Cc1ccc(-c2ccccc2)cc1)NC(=O)c1cn[nH]n1. The number of hydrogen-bond donors (Lipinski definition) is 2. The van der Waals surface area contributed by atoms with Crippen molar-refractivity contribution in [3.8, 4) is 17.2 Å². The number of rotatable bonds is 10. The molecule has 2 N–H and O–H groups in total. The molecule has 8 heteroatoms. The molecule has 1 heterocycles. The molecule has 0 saturated carbocycles. The number of benzene rings is 2. The quantitative estimate of drug-likeness (QED) is 0.475. The van der Waals surface area contributed by atoms with E-state index in [0.29, 0.717) is 6.42 Å². The van der Waals surface area contributed by atoms with Gasteiger partial charge in [-0.3, -0.25) is 9.59 Å². The van der Waals surface area contributed by atoms with Crippen molar-refractivity contribution in [2.75, 3.05) is 6.61 Å². The number of nitrogens with one attached hydrogen (secondary N) is 2. The highest BCUT2D eigenvalue weighted by molar-refractivity contribution is 5.92. The van der Waals surface area contributed by atoms with Crippen molar-refractivity contribution in [1.82, 2.24) is 20.7 Å². The third kappa shape index (κ3) is 6.25. The average Bonchev–Trinajstić information content (AvgIpc) is 3.35. The predicted octanol–water partition coefficient (Wildman–Crippen LogP) is 3.30. The Morgan fingerprint density at radius 3 is 2.47 bits per heavy atom. The van der Waals surface area contributed by atoms with Gasteiger partial charge in [-0.1, -0.05) is 54.6 Å². The second-order valence-corrected chi connectivity index (χ2v) is 7.34. The van der Waals surface area contributed by atoms with Crippen LogP contribution in [-0.4, -0.2) is 39.9 Å². The van der Waals surface area contributed by atoms with E-state index < -0.39 is 23.8 Å². The van der Waals surface area contributed by atoms with E-state index in [2.05, 4.69) is 20.7 Å². The van der Waals surface area contributed by atoms with Gasteiger partial charge in [0.05, 0.1) is 24.8 Å². The molecule has 1 amide bonds. The molecule has 1 aromatic heterocycles. The van der Waals surface area contributed by atoms with Crippen LogP contribution in [0.15, 0.2) is 60.8 Å². The maximum Gasteiger partial charge on any atom is 0.310 e. The number of carbonyl (C=O) groups excluding carboxylic acids is 2. The molecule has 2 aromatic carbocycles. The molecule has 2 atom stereocenters. The Bertz CT molecular complexity index is 1040. The van der Waals surface area contributed by atoms with Gasteiger partial charge in [-0.05, 0) is 36.5 Å². The van der Waals surface area contributed by atoms with E-state index in [4.69, 9.17) is 10.00 Å². The lowest BCUT2D eigenvalue weighted by atomic mass is 9.92. The van der Waals surface area contributed by atoms with Crippen LogP contribution in [0, 0.1) is 17.2 Å². The topological polar surface area (TPSA) is 121 Å². The minimum absolute atomic E-state index is 0.0160. The van der Waals surface area contributed by atoms with E-state index in [9.17, 15) is 9.59 Å². The number of carbonyl (C=O) groups is 2. The summed E-state index contributed by atoms with van der Waals surface area (Å²) in [6.07, 6.45) is 2.11. The van der Waals surface area contributed by atoms with E-state index in [-0.39, 0.29) is 25.1 Å². The number of esters is 1. The zero-order valence-electron chi connectivity index (χ0n) is 17.8. The molecule has 0 spiro atoms. The van der Waals surface area contributed by atoms with Crippen LogP contribution in [0.5, 0.6) is 0 Å². The standard InChI is InChI=1S/C24H25N5O3/c1-2-32-24(31)20(12-13-25)15-21(27-23(30)22-16-26-29-28-22)14-17-8-10-19(11-9-17)18-6-4-3-5-7-18/h3-11,16,20-21H,2,12,14-15H2,1H3,(H,27,30)(H,26,28,29). The Hall–Kier alpha value is -3.99. The summed E-state index contributed by atoms with van der Waals surface area (Å²) in [6, 6.07) is 19.7. The first-order valence-electron chi connectivity index (χ1n) is 10.4. The van der Waals surface area contributed by atoms with E-state index in [0.717, 1.165) is 16.7 Å². The molecule has 32 heavy (non-hydrogen) atoms. The molecule has 0 saturated heterocycles. The van der Waals surface area contributed by atoms with Gasteiger partial charge < -0.3 is 10.1 Å². The van der Waals surface area contributed by atoms with Gasteiger partial charge in [-0.15, -0.1) is 0 Å². The van der Waals surface area contributed by atoms with Gasteiger partial charge in [-0.25, -0.2) is 0 Å². The van der Waals surface area contributed by atoms with E-state index in [1.807, 2.05) is 60.7 Å². The van der Waals surface area contributed by atoms with Crippen molar-refractivity contribution in [1.29, 1.82) is 5.26 Å². The molecule has 3 aromatic rings. The monoisotopic (exact) mass is 431 g/mol. The fourth-order valence-corrected chi connectivity index (χ4v) is 3.49. The maximum atomic E-state index is 12.6. The molecule has 0 fully saturated rings. The maximum absolute atomic E-state index is 12.6. The number of aromatic nitrogens is 3. The number of H-pyrrole nitrogens is 1. The molecular weight excluding hydrogens is 406 g/mol. The second-order valence-electron chi connectivity index (χ2n) is 7.34. The summed E-state index contributed by atoms with van der Waals surface area (Å²) in [6.45, 7) is 1.96. The van der Waals surface area contributed by atoms with Crippen molar-refractivity contribution < 1.29 is 14.3 Å². The zero-order valence-corrected chi connectivity index (χ0v) is 17.8. The third-order valence-electron chi connectivity index (χ3n) is 5.05. The van der Waals surface area contributed by atoms with Crippen molar-refractivity contribution in [2.45, 2.75) is 32.2 Å². The summed E-state index contributed by atoms with van der Waals surface area (Å²) in [5.74, 6) is -1.47. The molecule has 164 valence electrons. The van der Waals surface area contributed by atoms with Crippen molar-refractivity contribution in [3.05, 3.63) is 72.1 Å². The van der Waals surface area contributed by atoms with Gasteiger partial charge in [0.15, 0.2) is 5.69 Å². The van der Waals surface area contributed by atoms with Crippen molar-refractivity contribution in [2.24, 2.45) is 5.92 Å². The molecule has 8 nitrogen and oxygen atoms in total. The van der Waals surface area contributed by atoms with Gasteiger partial charge >= 0.3 is 5.97 Å². The first kappa shape index (κ1) is 22.7. The molecule has 2 unspecified atom stereocenters. The normalized spacial score (nSPS) is 12.4. The fourth-order valence-electron chi connectivity index (χ4n) is 3.49. The van der Waals surface area contributed by atoms with Crippen LogP contribution in [0.1, 0.15) is 35.8 Å². The van der Waals surface area contributed by atoms with Gasteiger partial charge in [0, 0.05) is 12.5 Å². The number of hydrogen-bond acceptors (Lipinski definition) is 6. The second kappa shape index (κ2) is 11.4. The summed E-state index contributed by atoms with van der Waals surface area (Å²) in [7, 11) is 0. The summed E-state index contributed by atoms with van der Waals surface area (Å²) >= 11 is 0. The highest BCUT2D eigenvalue weighted by Gasteiger charge is 2.26. The van der Waals surface area contributed by atoms with Gasteiger partial charge in [-0.2, -0.15) is 20.7 Å². The van der Waals surface area contributed by atoms with Crippen LogP contribution in [0.25, 0.3) is 11.1 Å². The van der Waals surface area contributed by atoms with Crippen LogP contribution in [0.3, 0.4) is 0 Å². The molecule has 0 radical (unpaired) electrons. The van der Waals surface area contributed by atoms with Gasteiger partial charge in [0.2, 0.25) is 0 Å². The third-order valence-corrected chi connectivity index (χ3v) is 5.05. The molecule has 0 aliphatic carbocycles.